The monoisotopic (exact) mass is 469 g/mol. The van der Waals surface area contributed by atoms with Gasteiger partial charge in [0.25, 0.3) is 5.91 Å². The van der Waals surface area contributed by atoms with Gasteiger partial charge in [0.15, 0.2) is 5.78 Å². The van der Waals surface area contributed by atoms with Gasteiger partial charge in [0.2, 0.25) is 0 Å². The van der Waals surface area contributed by atoms with Crippen LogP contribution >= 0.6 is 31.9 Å². The number of Topliss-reactive ketones (excluding diaryl/α,β-unsaturated/α-hetero) is 1. The standard InChI is InChI=1S/C10H12BrNO2.C9H9BrO/c1-7-6-8(11)4-5-9(7)10(13)12(2)14-3;1-6-5-8(10)3-4-9(6)7(2)11/h4-6H,1-3H3;3-5H,1-2H3. The van der Waals surface area contributed by atoms with Gasteiger partial charge in [0.1, 0.15) is 0 Å². The van der Waals surface area contributed by atoms with Crippen LogP contribution in [-0.4, -0.2) is 30.9 Å². The van der Waals surface area contributed by atoms with Crippen LogP contribution in [0, 0.1) is 13.8 Å². The van der Waals surface area contributed by atoms with Crippen molar-refractivity contribution in [3.05, 3.63) is 67.6 Å². The van der Waals surface area contributed by atoms with Crippen LogP contribution in [0.4, 0.5) is 0 Å². The Kier molecular flexibility index (Phi) is 8.48. The predicted molar refractivity (Wildman–Crippen MR) is 107 cm³/mol. The summed E-state index contributed by atoms with van der Waals surface area (Å²) in [5.74, 6) is -0.0208. The van der Waals surface area contributed by atoms with Crippen molar-refractivity contribution in [2.75, 3.05) is 14.2 Å². The number of hydrogen-bond donors (Lipinski definition) is 0. The zero-order valence-electron chi connectivity index (χ0n) is 14.9. The Labute approximate surface area is 165 Å². The van der Waals surface area contributed by atoms with Crippen molar-refractivity contribution in [2.45, 2.75) is 20.8 Å². The van der Waals surface area contributed by atoms with Gasteiger partial charge in [-0.15, -0.1) is 0 Å². The predicted octanol–water partition coefficient (Wildman–Crippen LogP) is 5.35. The van der Waals surface area contributed by atoms with E-state index in [9.17, 15) is 9.59 Å². The first-order chi connectivity index (χ1) is 11.7. The van der Waals surface area contributed by atoms with Crippen LogP contribution < -0.4 is 0 Å². The summed E-state index contributed by atoms with van der Waals surface area (Å²) < 4.78 is 1.98. The third-order valence-corrected chi connectivity index (χ3v) is 4.53. The molecule has 0 aliphatic rings. The minimum absolute atomic E-state index is 0.120. The number of carbonyl (C=O) groups excluding carboxylic acids is 2. The molecule has 134 valence electrons. The van der Waals surface area contributed by atoms with Gasteiger partial charge < -0.3 is 0 Å². The number of ketones is 1. The Morgan fingerprint density at radius 1 is 0.920 bits per heavy atom. The van der Waals surface area contributed by atoms with Crippen LogP contribution in [0.5, 0.6) is 0 Å². The molecule has 0 fully saturated rings. The van der Waals surface area contributed by atoms with Crippen LogP contribution in [0.2, 0.25) is 0 Å². The fourth-order valence-electron chi connectivity index (χ4n) is 2.14. The summed E-state index contributed by atoms with van der Waals surface area (Å²) in [4.78, 5) is 27.5. The van der Waals surface area contributed by atoms with Crippen LogP contribution in [0.3, 0.4) is 0 Å². The molecule has 0 spiro atoms. The van der Waals surface area contributed by atoms with Crippen LogP contribution in [0.15, 0.2) is 45.3 Å². The fraction of sp³-hybridized carbons (Fsp3) is 0.263. The fourth-order valence-corrected chi connectivity index (χ4v) is 3.09. The molecule has 4 nitrogen and oxygen atoms in total. The van der Waals surface area contributed by atoms with Crippen molar-refractivity contribution in [1.29, 1.82) is 0 Å². The second kappa shape index (κ2) is 9.85. The molecule has 0 aromatic heterocycles. The Hall–Kier alpha value is -1.50. The molecule has 0 saturated heterocycles. The van der Waals surface area contributed by atoms with Crippen molar-refractivity contribution >= 4 is 43.6 Å². The highest BCUT2D eigenvalue weighted by Gasteiger charge is 2.13. The number of halogens is 2. The molecular weight excluding hydrogens is 450 g/mol. The summed E-state index contributed by atoms with van der Waals surface area (Å²) in [6.45, 7) is 5.40. The summed E-state index contributed by atoms with van der Waals surface area (Å²) in [5, 5.41) is 1.20. The second-order valence-electron chi connectivity index (χ2n) is 5.46. The molecule has 2 rings (SSSR count). The van der Waals surface area contributed by atoms with E-state index in [1.807, 2.05) is 44.2 Å². The van der Waals surface area contributed by atoms with Gasteiger partial charge in [-0.05, 0) is 62.2 Å². The van der Waals surface area contributed by atoms with E-state index in [1.54, 1.807) is 20.0 Å². The molecule has 2 aromatic rings. The molecule has 0 bridgehead atoms. The van der Waals surface area contributed by atoms with E-state index in [4.69, 9.17) is 4.84 Å². The normalized spacial score (nSPS) is 9.88. The molecule has 6 heteroatoms. The Morgan fingerprint density at radius 3 is 1.72 bits per heavy atom. The van der Waals surface area contributed by atoms with Crippen LogP contribution in [-0.2, 0) is 4.84 Å². The van der Waals surface area contributed by atoms with Crippen molar-refractivity contribution in [3.8, 4) is 0 Å². The van der Waals surface area contributed by atoms with E-state index in [2.05, 4.69) is 31.9 Å². The summed E-state index contributed by atoms with van der Waals surface area (Å²) in [7, 11) is 3.05. The molecule has 0 saturated carbocycles. The highest BCUT2D eigenvalue weighted by molar-refractivity contribution is 9.10. The van der Waals surface area contributed by atoms with E-state index in [-0.39, 0.29) is 11.7 Å². The molecule has 0 radical (unpaired) electrons. The van der Waals surface area contributed by atoms with Crippen LogP contribution in [0.1, 0.15) is 38.8 Å². The van der Waals surface area contributed by atoms with Crippen LogP contribution in [0.25, 0.3) is 0 Å². The van der Waals surface area contributed by atoms with E-state index in [0.29, 0.717) is 5.56 Å². The first-order valence-corrected chi connectivity index (χ1v) is 9.11. The van der Waals surface area contributed by atoms with Gasteiger partial charge in [0.05, 0.1) is 7.11 Å². The molecule has 1 amide bonds. The largest absolute Gasteiger partial charge is 0.295 e. The minimum Gasteiger partial charge on any atom is -0.295 e. The maximum absolute atomic E-state index is 11.7. The van der Waals surface area contributed by atoms with Gasteiger partial charge in [0, 0.05) is 27.1 Å². The molecule has 0 heterocycles. The molecule has 0 unspecified atom stereocenters. The number of carbonyl (C=O) groups is 2. The lowest BCUT2D eigenvalue weighted by atomic mass is 10.1. The van der Waals surface area contributed by atoms with Crippen molar-refractivity contribution in [1.82, 2.24) is 5.06 Å². The van der Waals surface area contributed by atoms with Gasteiger partial charge in [-0.25, -0.2) is 5.06 Å². The molecule has 0 aliphatic heterocycles. The summed E-state index contributed by atoms with van der Waals surface area (Å²) in [6.07, 6.45) is 0. The third kappa shape index (κ3) is 6.38. The molecule has 0 N–H and O–H groups in total. The van der Waals surface area contributed by atoms with E-state index < -0.39 is 0 Å². The van der Waals surface area contributed by atoms with Gasteiger partial charge >= 0.3 is 0 Å². The van der Waals surface area contributed by atoms with Crippen molar-refractivity contribution in [2.24, 2.45) is 0 Å². The second-order valence-corrected chi connectivity index (χ2v) is 7.29. The molecule has 0 atom stereocenters. The first kappa shape index (κ1) is 21.5. The number of hydroxylamine groups is 2. The van der Waals surface area contributed by atoms with Crippen molar-refractivity contribution in [3.63, 3.8) is 0 Å². The smallest absolute Gasteiger partial charge is 0.277 e. The Balaban J connectivity index is 0.000000257. The highest BCUT2D eigenvalue weighted by Crippen LogP contribution is 2.17. The summed E-state index contributed by atoms with van der Waals surface area (Å²) >= 11 is 6.68. The number of hydrogen-bond acceptors (Lipinski definition) is 3. The SMILES string of the molecule is CC(=O)c1ccc(Br)cc1C.CON(C)C(=O)c1ccc(Br)cc1C. The minimum atomic E-state index is -0.141. The maximum Gasteiger partial charge on any atom is 0.277 e. The highest BCUT2D eigenvalue weighted by atomic mass is 79.9. The van der Waals surface area contributed by atoms with E-state index in [0.717, 1.165) is 25.6 Å². The summed E-state index contributed by atoms with van der Waals surface area (Å²) in [6, 6.07) is 11.2. The lowest BCUT2D eigenvalue weighted by Crippen LogP contribution is -2.25. The van der Waals surface area contributed by atoms with Crippen molar-refractivity contribution < 1.29 is 14.4 Å². The maximum atomic E-state index is 11.7. The first-order valence-electron chi connectivity index (χ1n) is 7.52. The molecule has 25 heavy (non-hydrogen) atoms. The average Bonchev–Trinajstić information content (AvgIpc) is 2.53. The lowest BCUT2D eigenvalue weighted by molar-refractivity contribution is -0.0757. The quantitative estimate of drug-likeness (QED) is 0.448. The Morgan fingerprint density at radius 2 is 1.36 bits per heavy atom. The molecule has 0 aliphatic carbocycles. The third-order valence-electron chi connectivity index (χ3n) is 3.55. The van der Waals surface area contributed by atoms with Gasteiger partial charge in [-0.1, -0.05) is 37.9 Å². The van der Waals surface area contributed by atoms with E-state index >= 15 is 0 Å². The zero-order valence-corrected chi connectivity index (χ0v) is 18.1. The molecule has 2 aromatic carbocycles. The number of nitrogens with zero attached hydrogens (tertiary/aromatic N) is 1. The zero-order chi connectivity index (χ0) is 19.1. The van der Waals surface area contributed by atoms with Gasteiger partial charge in [-0.2, -0.15) is 0 Å². The number of benzene rings is 2. The van der Waals surface area contributed by atoms with E-state index in [1.165, 1.54) is 12.2 Å². The van der Waals surface area contributed by atoms with Gasteiger partial charge in [-0.3, -0.25) is 14.4 Å². The Bertz CT molecular complexity index is 775. The average molecular weight is 471 g/mol. The summed E-state index contributed by atoms with van der Waals surface area (Å²) in [5.41, 5.74) is 3.39. The number of rotatable bonds is 3. The molecular formula is C19H21Br2NO3. The number of amides is 1. The lowest BCUT2D eigenvalue weighted by Gasteiger charge is -2.14. The topological polar surface area (TPSA) is 46.6 Å². The number of aryl methyl sites for hydroxylation is 2.